The Balaban J connectivity index is 2.18. The molecule has 14 heavy (non-hydrogen) atoms. The molecule has 1 nitrogen and oxygen atoms in total. The first-order valence-electron chi connectivity index (χ1n) is 4.71. The third kappa shape index (κ3) is 2.02. The molecule has 0 atom stereocenters. The van der Waals surface area contributed by atoms with E-state index >= 15 is 0 Å². The number of fused-ring (bicyclic) bond motifs is 1. The molecule has 0 spiro atoms. The van der Waals surface area contributed by atoms with E-state index in [1.165, 1.54) is 5.56 Å². The molecule has 0 fully saturated rings. The van der Waals surface area contributed by atoms with Gasteiger partial charge in [0, 0.05) is 24.3 Å². The monoisotopic (exact) mass is 206 g/mol. The minimum Gasteiger partial charge on any atom is -0.493 e. The smallest absolute Gasteiger partial charge is 0.122 e. The second-order valence-electron chi connectivity index (χ2n) is 3.16. The van der Waals surface area contributed by atoms with E-state index in [9.17, 15) is 0 Å². The highest BCUT2D eigenvalue weighted by atomic mass is 35.5. The number of alkyl halides is 1. The van der Waals surface area contributed by atoms with Crippen molar-refractivity contribution >= 4 is 11.6 Å². The molecule has 1 heterocycles. The van der Waals surface area contributed by atoms with Crippen molar-refractivity contribution in [1.82, 2.24) is 0 Å². The van der Waals surface area contributed by atoms with Gasteiger partial charge in [0.05, 0.1) is 6.61 Å². The normalized spacial score (nSPS) is 12.6. The van der Waals surface area contributed by atoms with Crippen LogP contribution in [0.1, 0.15) is 17.5 Å². The SMILES string of the molecule is ClCCC#Cc1ccc2c(c1)CCO2. The van der Waals surface area contributed by atoms with Crippen LogP contribution in [-0.2, 0) is 6.42 Å². The van der Waals surface area contributed by atoms with Crippen LogP contribution in [0.25, 0.3) is 0 Å². The van der Waals surface area contributed by atoms with E-state index < -0.39 is 0 Å². The molecule has 0 bridgehead atoms. The fourth-order valence-electron chi connectivity index (χ4n) is 1.48. The van der Waals surface area contributed by atoms with Crippen molar-refractivity contribution in [3.63, 3.8) is 0 Å². The summed E-state index contributed by atoms with van der Waals surface area (Å²) in [4.78, 5) is 0. The average Bonchev–Trinajstić information content (AvgIpc) is 2.65. The predicted octanol–water partition coefficient (Wildman–Crippen LogP) is 2.60. The van der Waals surface area contributed by atoms with Crippen LogP contribution < -0.4 is 4.74 Å². The van der Waals surface area contributed by atoms with Crippen molar-refractivity contribution in [3.05, 3.63) is 29.3 Å². The lowest BCUT2D eigenvalue weighted by molar-refractivity contribution is 0.357. The zero-order chi connectivity index (χ0) is 9.80. The molecule has 0 saturated heterocycles. The van der Waals surface area contributed by atoms with Crippen molar-refractivity contribution in [2.75, 3.05) is 12.5 Å². The van der Waals surface area contributed by atoms with Gasteiger partial charge < -0.3 is 4.74 Å². The van der Waals surface area contributed by atoms with Gasteiger partial charge in [0.2, 0.25) is 0 Å². The molecule has 0 aromatic heterocycles. The number of hydrogen-bond acceptors (Lipinski definition) is 1. The first kappa shape index (κ1) is 9.43. The van der Waals surface area contributed by atoms with Crippen molar-refractivity contribution in [2.24, 2.45) is 0 Å². The topological polar surface area (TPSA) is 9.23 Å². The molecule has 1 aliphatic heterocycles. The highest BCUT2D eigenvalue weighted by Crippen LogP contribution is 2.25. The van der Waals surface area contributed by atoms with Crippen LogP contribution in [0, 0.1) is 11.8 Å². The third-order valence-corrected chi connectivity index (χ3v) is 2.33. The Morgan fingerprint density at radius 3 is 3.21 bits per heavy atom. The Morgan fingerprint density at radius 1 is 1.43 bits per heavy atom. The lowest BCUT2D eigenvalue weighted by atomic mass is 10.1. The second-order valence-corrected chi connectivity index (χ2v) is 3.54. The highest BCUT2D eigenvalue weighted by Gasteiger charge is 2.10. The first-order chi connectivity index (χ1) is 6.90. The molecule has 0 amide bonds. The average molecular weight is 207 g/mol. The van der Waals surface area contributed by atoms with Gasteiger partial charge in [0.15, 0.2) is 0 Å². The van der Waals surface area contributed by atoms with Crippen molar-refractivity contribution < 1.29 is 4.74 Å². The molecular formula is C12H11ClO. The van der Waals surface area contributed by atoms with Crippen molar-refractivity contribution in [3.8, 4) is 17.6 Å². The summed E-state index contributed by atoms with van der Waals surface area (Å²) in [6, 6.07) is 6.09. The summed E-state index contributed by atoms with van der Waals surface area (Å²) in [5.74, 6) is 7.71. The molecule has 1 aromatic rings. The van der Waals surface area contributed by atoms with Crippen LogP contribution in [0.5, 0.6) is 5.75 Å². The maximum Gasteiger partial charge on any atom is 0.122 e. The summed E-state index contributed by atoms with van der Waals surface area (Å²) in [5.41, 5.74) is 2.32. The maximum absolute atomic E-state index is 5.54. The van der Waals surface area contributed by atoms with Gasteiger partial charge in [-0.2, -0.15) is 0 Å². The van der Waals surface area contributed by atoms with Gasteiger partial charge in [-0.1, -0.05) is 11.8 Å². The lowest BCUT2D eigenvalue weighted by Crippen LogP contribution is -1.85. The third-order valence-electron chi connectivity index (χ3n) is 2.14. The molecule has 0 unspecified atom stereocenters. The molecule has 0 N–H and O–H groups in total. The van der Waals surface area contributed by atoms with Gasteiger partial charge in [-0.3, -0.25) is 0 Å². The van der Waals surface area contributed by atoms with E-state index in [1.54, 1.807) is 0 Å². The fraction of sp³-hybridized carbons (Fsp3) is 0.333. The van der Waals surface area contributed by atoms with Crippen LogP contribution in [0.3, 0.4) is 0 Å². The first-order valence-corrected chi connectivity index (χ1v) is 5.24. The van der Waals surface area contributed by atoms with E-state index in [0.717, 1.165) is 30.8 Å². The highest BCUT2D eigenvalue weighted by molar-refractivity contribution is 6.18. The summed E-state index contributed by atoms with van der Waals surface area (Å²) in [5, 5.41) is 0. The Bertz CT molecular complexity index is 387. The molecule has 1 aliphatic rings. The fourth-order valence-corrected chi connectivity index (χ4v) is 1.57. The van der Waals surface area contributed by atoms with Crippen LogP contribution in [-0.4, -0.2) is 12.5 Å². The van der Waals surface area contributed by atoms with Gasteiger partial charge in [0.1, 0.15) is 5.75 Å². The molecule has 0 radical (unpaired) electrons. The number of ether oxygens (including phenoxy) is 1. The second kappa shape index (κ2) is 4.39. The van der Waals surface area contributed by atoms with Gasteiger partial charge in [-0.25, -0.2) is 0 Å². The van der Waals surface area contributed by atoms with Gasteiger partial charge in [-0.05, 0) is 23.8 Å². The largest absolute Gasteiger partial charge is 0.493 e. The molecule has 2 rings (SSSR count). The minimum absolute atomic E-state index is 0.598. The molecule has 0 aliphatic carbocycles. The summed E-state index contributed by atoms with van der Waals surface area (Å²) < 4.78 is 5.41. The van der Waals surface area contributed by atoms with Crippen LogP contribution >= 0.6 is 11.6 Å². The van der Waals surface area contributed by atoms with Crippen LogP contribution in [0.2, 0.25) is 0 Å². The summed E-state index contributed by atoms with van der Waals surface area (Å²) in [6.07, 6.45) is 1.75. The lowest BCUT2D eigenvalue weighted by Gasteiger charge is -1.97. The summed E-state index contributed by atoms with van der Waals surface area (Å²) >= 11 is 5.54. The minimum atomic E-state index is 0.598. The summed E-state index contributed by atoms with van der Waals surface area (Å²) in [7, 11) is 0. The van der Waals surface area contributed by atoms with Gasteiger partial charge >= 0.3 is 0 Å². The number of rotatable bonds is 1. The molecule has 2 heteroatoms. The number of benzene rings is 1. The van der Waals surface area contributed by atoms with Crippen LogP contribution in [0.4, 0.5) is 0 Å². The van der Waals surface area contributed by atoms with E-state index in [1.807, 2.05) is 12.1 Å². The van der Waals surface area contributed by atoms with E-state index in [-0.39, 0.29) is 0 Å². The maximum atomic E-state index is 5.54. The molecule has 0 saturated carbocycles. The molecule has 1 aromatic carbocycles. The molecule has 72 valence electrons. The zero-order valence-electron chi connectivity index (χ0n) is 7.85. The Labute approximate surface area is 89.0 Å². The van der Waals surface area contributed by atoms with E-state index in [4.69, 9.17) is 16.3 Å². The quantitative estimate of drug-likeness (QED) is 0.507. The summed E-state index contributed by atoms with van der Waals surface area (Å²) in [6.45, 7) is 0.799. The zero-order valence-corrected chi connectivity index (χ0v) is 8.60. The van der Waals surface area contributed by atoms with E-state index in [2.05, 4.69) is 17.9 Å². The Hall–Kier alpha value is -1.13. The van der Waals surface area contributed by atoms with E-state index in [0.29, 0.717) is 5.88 Å². The predicted molar refractivity (Wildman–Crippen MR) is 57.9 cm³/mol. The standard InChI is InChI=1S/C12H11ClO/c13-7-2-1-3-10-4-5-12-11(9-10)6-8-14-12/h4-5,9H,2,6-8H2. The Kier molecular flexibility index (Phi) is 2.96. The van der Waals surface area contributed by atoms with Crippen LogP contribution in [0.15, 0.2) is 18.2 Å². The van der Waals surface area contributed by atoms with Crippen molar-refractivity contribution in [1.29, 1.82) is 0 Å². The van der Waals surface area contributed by atoms with Gasteiger partial charge in [0.25, 0.3) is 0 Å². The molecular weight excluding hydrogens is 196 g/mol. The van der Waals surface area contributed by atoms with Gasteiger partial charge in [-0.15, -0.1) is 11.6 Å². The number of hydrogen-bond donors (Lipinski definition) is 0. The number of halogens is 1. The van der Waals surface area contributed by atoms with Crippen molar-refractivity contribution in [2.45, 2.75) is 12.8 Å². The Morgan fingerprint density at radius 2 is 2.36 bits per heavy atom.